The Morgan fingerprint density at radius 1 is 1.18 bits per heavy atom. The first-order valence-electron chi connectivity index (χ1n) is 9.18. The molecule has 0 radical (unpaired) electrons. The number of hydrogen-bond acceptors (Lipinski definition) is 5. The van der Waals surface area contributed by atoms with Crippen LogP contribution in [0.2, 0.25) is 0 Å². The molecule has 8 heteroatoms. The molecule has 0 atom stereocenters. The highest BCUT2D eigenvalue weighted by atomic mass is 16.6. The number of aromatic nitrogens is 1. The highest BCUT2D eigenvalue weighted by Crippen LogP contribution is 2.21. The van der Waals surface area contributed by atoms with Crippen molar-refractivity contribution in [1.29, 1.82) is 0 Å². The molecule has 1 aliphatic heterocycles. The Kier molecular flexibility index (Phi) is 5.98. The fourth-order valence-corrected chi connectivity index (χ4v) is 3.30. The third kappa shape index (κ3) is 4.51. The first kappa shape index (κ1) is 19.5. The highest BCUT2D eigenvalue weighted by Gasteiger charge is 2.24. The number of carbonyl (C=O) groups is 2. The van der Waals surface area contributed by atoms with E-state index < -0.39 is 4.92 Å². The molecule has 2 aromatic rings. The third-order valence-corrected chi connectivity index (χ3v) is 5.05. The lowest BCUT2D eigenvalue weighted by atomic mass is 9.96. The van der Waals surface area contributed by atoms with Crippen molar-refractivity contribution in [3.8, 4) is 0 Å². The normalized spacial score (nSPS) is 14.5. The van der Waals surface area contributed by atoms with Crippen LogP contribution in [0.4, 0.5) is 5.69 Å². The zero-order chi connectivity index (χ0) is 20.1. The second-order valence-corrected chi connectivity index (χ2v) is 6.94. The van der Waals surface area contributed by atoms with Crippen molar-refractivity contribution < 1.29 is 14.5 Å². The Morgan fingerprint density at radius 3 is 2.50 bits per heavy atom. The van der Waals surface area contributed by atoms with Crippen molar-refractivity contribution in [1.82, 2.24) is 15.2 Å². The molecule has 8 nitrogen and oxygen atoms in total. The van der Waals surface area contributed by atoms with Gasteiger partial charge in [-0.05, 0) is 43.9 Å². The van der Waals surface area contributed by atoms with Gasteiger partial charge in [0, 0.05) is 54.8 Å². The molecule has 0 saturated carbocycles. The van der Waals surface area contributed by atoms with Crippen molar-refractivity contribution in [2.75, 3.05) is 19.6 Å². The molecule has 0 aliphatic carbocycles. The molecule has 1 saturated heterocycles. The van der Waals surface area contributed by atoms with Gasteiger partial charge < -0.3 is 10.2 Å². The molecule has 1 N–H and O–H groups in total. The van der Waals surface area contributed by atoms with E-state index in [1.54, 1.807) is 43.6 Å². The minimum atomic E-state index is -0.484. The predicted molar refractivity (Wildman–Crippen MR) is 103 cm³/mol. The lowest BCUT2D eigenvalue weighted by Gasteiger charge is -2.32. The monoisotopic (exact) mass is 382 g/mol. The largest absolute Gasteiger partial charge is 0.352 e. The number of nitro benzene ring substituents is 1. The topological polar surface area (TPSA) is 105 Å². The van der Waals surface area contributed by atoms with Gasteiger partial charge in [-0.25, -0.2) is 0 Å². The summed E-state index contributed by atoms with van der Waals surface area (Å²) >= 11 is 0. The lowest BCUT2D eigenvalue weighted by Crippen LogP contribution is -2.41. The van der Waals surface area contributed by atoms with Crippen LogP contribution in [0, 0.1) is 23.0 Å². The van der Waals surface area contributed by atoms with Gasteiger partial charge in [-0.2, -0.15) is 0 Å². The number of likely N-dealkylation sites (tertiary alicyclic amines) is 1. The predicted octanol–water partition coefficient (Wildman–Crippen LogP) is 2.58. The minimum Gasteiger partial charge on any atom is -0.352 e. The number of hydrogen-bond donors (Lipinski definition) is 1. The van der Waals surface area contributed by atoms with E-state index >= 15 is 0 Å². The number of carbonyl (C=O) groups excluding carboxylic acids is 2. The molecule has 28 heavy (non-hydrogen) atoms. The summed E-state index contributed by atoms with van der Waals surface area (Å²) in [5.74, 6) is -0.0545. The first-order valence-corrected chi connectivity index (χ1v) is 9.18. The van der Waals surface area contributed by atoms with E-state index in [4.69, 9.17) is 0 Å². The Hall–Kier alpha value is -3.29. The Morgan fingerprint density at radius 2 is 1.86 bits per heavy atom. The van der Waals surface area contributed by atoms with Gasteiger partial charge >= 0.3 is 0 Å². The first-order chi connectivity index (χ1) is 13.5. The van der Waals surface area contributed by atoms with Crippen LogP contribution in [-0.2, 0) is 0 Å². The second-order valence-electron chi connectivity index (χ2n) is 6.94. The summed E-state index contributed by atoms with van der Waals surface area (Å²) in [4.78, 5) is 41.1. The zero-order valence-corrected chi connectivity index (χ0v) is 15.6. The van der Waals surface area contributed by atoms with E-state index in [0.717, 1.165) is 12.8 Å². The van der Waals surface area contributed by atoms with Crippen LogP contribution in [0.3, 0.4) is 0 Å². The number of benzene rings is 1. The van der Waals surface area contributed by atoms with Crippen LogP contribution < -0.4 is 5.32 Å². The molecule has 3 rings (SSSR count). The van der Waals surface area contributed by atoms with Crippen molar-refractivity contribution in [3.05, 3.63) is 69.5 Å². The molecule has 1 aromatic carbocycles. The number of nitrogens with zero attached hydrogens (tertiary/aromatic N) is 3. The summed E-state index contributed by atoms with van der Waals surface area (Å²) in [6.07, 6.45) is 4.80. The van der Waals surface area contributed by atoms with E-state index in [-0.39, 0.29) is 29.0 Å². The molecule has 0 unspecified atom stereocenters. The van der Waals surface area contributed by atoms with Gasteiger partial charge in [0.25, 0.3) is 17.5 Å². The number of amides is 2. The van der Waals surface area contributed by atoms with Crippen LogP contribution in [0.1, 0.15) is 39.1 Å². The van der Waals surface area contributed by atoms with Crippen LogP contribution >= 0.6 is 0 Å². The van der Waals surface area contributed by atoms with E-state index in [2.05, 4.69) is 10.3 Å². The number of rotatable bonds is 5. The van der Waals surface area contributed by atoms with Crippen molar-refractivity contribution in [2.24, 2.45) is 5.92 Å². The van der Waals surface area contributed by atoms with E-state index in [9.17, 15) is 19.7 Å². The summed E-state index contributed by atoms with van der Waals surface area (Å²) in [5, 5.41) is 13.9. The standard InChI is InChI=1S/C20H22N4O4/c1-14-2-3-17(12-18(14)24(27)28)19(25)22-13-15-6-10-23(11-7-15)20(26)16-4-8-21-9-5-16/h2-5,8-9,12,15H,6-7,10-11,13H2,1H3,(H,22,25). The van der Waals surface area contributed by atoms with Gasteiger partial charge in [0.2, 0.25) is 0 Å². The van der Waals surface area contributed by atoms with Gasteiger partial charge in [-0.15, -0.1) is 0 Å². The van der Waals surface area contributed by atoms with Crippen molar-refractivity contribution in [2.45, 2.75) is 19.8 Å². The molecule has 1 aliphatic rings. The lowest BCUT2D eigenvalue weighted by molar-refractivity contribution is -0.385. The van der Waals surface area contributed by atoms with Crippen LogP contribution in [0.25, 0.3) is 0 Å². The summed E-state index contributed by atoms with van der Waals surface area (Å²) < 4.78 is 0. The molecule has 0 bridgehead atoms. The summed E-state index contributed by atoms with van der Waals surface area (Å²) in [6, 6.07) is 7.88. The molecule has 1 aromatic heterocycles. The fourth-order valence-electron chi connectivity index (χ4n) is 3.30. The quantitative estimate of drug-likeness (QED) is 0.632. The maximum absolute atomic E-state index is 12.4. The maximum atomic E-state index is 12.4. The average molecular weight is 382 g/mol. The smallest absolute Gasteiger partial charge is 0.273 e. The number of aryl methyl sites for hydroxylation is 1. The molecule has 2 amide bonds. The van der Waals surface area contributed by atoms with E-state index in [0.29, 0.717) is 30.8 Å². The molecular formula is C20H22N4O4. The number of piperidine rings is 1. The number of nitro groups is 1. The van der Waals surface area contributed by atoms with Gasteiger partial charge in [-0.3, -0.25) is 24.7 Å². The Balaban J connectivity index is 1.50. The minimum absolute atomic E-state index is 0.00292. The summed E-state index contributed by atoms with van der Waals surface area (Å²) in [5.41, 5.74) is 1.37. The highest BCUT2D eigenvalue weighted by molar-refractivity contribution is 5.95. The molecule has 2 heterocycles. The van der Waals surface area contributed by atoms with Crippen molar-refractivity contribution in [3.63, 3.8) is 0 Å². The SMILES string of the molecule is Cc1ccc(C(=O)NCC2CCN(C(=O)c3ccncc3)CC2)cc1[N+](=O)[O-]. The average Bonchev–Trinajstić information content (AvgIpc) is 2.72. The van der Waals surface area contributed by atoms with Gasteiger partial charge in [0.1, 0.15) is 0 Å². The van der Waals surface area contributed by atoms with Crippen LogP contribution in [-0.4, -0.2) is 46.3 Å². The maximum Gasteiger partial charge on any atom is 0.273 e. The van der Waals surface area contributed by atoms with E-state index in [1.807, 2.05) is 4.90 Å². The molecular weight excluding hydrogens is 360 g/mol. The second kappa shape index (κ2) is 8.60. The summed E-state index contributed by atoms with van der Waals surface area (Å²) in [7, 11) is 0. The van der Waals surface area contributed by atoms with Gasteiger partial charge in [0.15, 0.2) is 0 Å². The van der Waals surface area contributed by atoms with E-state index in [1.165, 1.54) is 6.07 Å². The molecule has 146 valence electrons. The van der Waals surface area contributed by atoms with Gasteiger partial charge in [0.05, 0.1) is 4.92 Å². The number of pyridine rings is 1. The van der Waals surface area contributed by atoms with Crippen LogP contribution in [0.5, 0.6) is 0 Å². The summed E-state index contributed by atoms with van der Waals surface area (Å²) in [6.45, 7) is 3.40. The Labute approximate surface area is 162 Å². The number of nitrogens with one attached hydrogen (secondary N) is 1. The third-order valence-electron chi connectivity index (χ3n) is 5.05. The fraction of sp³-hybridized carbons (Fsp3) is 0.350. The van der Waals surface area contributed by atoms with Crippen LogP contribution in [0.15, 0.2) is 42.7 Å². The Bertz CT molecular complexity index is 877. The van der Waals surface area contributed by atoms with Gasteiger partial charge in [-0.1, -0.05) is 6.07 Å². The molecule has 0 spiro atoms. The van der Waals surface area contributed by atoms with Crippen molar-refractivity contribution >= 4 is 17.5 Å². The zero-order valence-electron chi connectivity index (χ0n) is 15.6. The molecule has 1 fully saturated rings.